The van der Waals surface area contributed by atoms with Crippen molar-refractivity contribution < 1.29 is 5.11 Å². The number of likely N-dealkylation sites (tertiary alicyclic amines) is 1. The first-order valence-corrected chi connectivity index (χ1v) is 9.00. The zero-order chi connectivity index (χ0) is 15.4. The summed E-state index contributed by atoms with van der Waals surface area (Å²) in [4.78, 5) is 2.52. The Labute approximate surface area is 138 Å². The van der Waals surface area contributed by atoms with E-state index in [4.69, 9.17) is 11.6 Å². The van der Waals surface area contributed by atoms with Crippen molar-refractivity contribution in [2.75, 3.05) is 13.1 Å². The number of nitrogens with zero attached hydrogens (tertiary/aromatic N) is 1. The van der Waals surface area contributed by atoms with Crippen LogP contribution in [0.15, 0.2) is 24.3 Å². The van der Waals surface area contributed by atoms with Crippen molar-refractivity contribution in [2.45, 2.75) is 63.3 Å². The summed E-state index contributed by atoms with van der Waals surface area (Å²) in [7, 11) is 0. The molecule has 1 heterocycles. The molecule has 2 fully saturated rings. The number of aliphatic hydroxyl groups is 1. The Kier molecular flexibility index (Phi) is 5.75. The molecule has 1 aliphatic carbocycles. The van der Waals surface area contributed by atoms with Crippen LogP contribution in [0.2, 0.25) is 5.02 Å². The summed E-state index contributed by atoms with van der Waals surface area (Å²) in [5.41, 5.74) is 1.25. The summed E-state index contributed by atoms with van der Waals surface area (Å²) in [6.45, 7) is 3.10. The molecule has 0 aromatic heterocycles. The normalized spacial score (nSPS) is 27.9. The fraction of sp³-hybridized carbons (Fsp3) is 0.667. The Morgan fingerprint density at radius 3 is 2.64 bits per heavy atom. The summed E-state index contributed by atoms with van der Waals surface area (Å²) in [5, 5.41) is 14.7. The van der Waals surface area contributed by atoms with Gasteiger partial charge >= 0.3 is 0 Å². The molecular weight excluding hydrogens is 296 g/mol. The molecule has 2 unspecified atom stereocenters. The van der Waals surface area contributed by atoms with Crippen molar-refractivity contribution in [1.29, 1.82) is 0 Å². The molecular formula is C18H27ClN2O. The van der Waals surface area contributed by atoms with Crippen molar-refractivity contribution in [1.82, 2.24) is 10.2 Å². The van der Waals surface area contributed by atoms with Crippen molar-refractivity contribution in [3.8, 4) is 0 Å². The molecule has 0 amide bonds. The van der Waals surface area contributed by atoms with E-state index in [1.165, 1.54) is 37.7 Å². The third-order valence-electron chi connectivity index (χ3n) is 5.18. The standard InChI is InChI=1S/C18H27ClN2O/c19-15-5-3-4-14(12-15)13-20-16-8-10-21(11-9-16)17-6-1-2-7-18(17)22/h3-5,12,16-18,20,22H,1-2,6-11,13H2. The quantitative estimate of drug-likeness (QED) is 0.893. The average Bonchev–Trinajstić information content (AvgIpc) is 2.54. The summed E-state index contributed by atoms with van der Waals surface area (Å²) in [5.74, 6) is 0. The number of halogens is 1. The molecule has 2 N–H and O–H groups in total. The number of benzene rings is 1. The molecule has 1 saturated heterocycles. The first kappa shape index (κ1) is 16.3. The molecule has 1 aromatic carbocycles. The minimum absolute atomic E-state index is 0.107. The average molecular weight is 323 g/mol. The number of rotatable bonds is 4. The van der Waals surface area contributed by atoms with Gasteiger partial charge in [-0.05, 0) is 43.4 Å². The lowest BCUT2D eigenvalue weighted by Gasteiger charge is -2.41. The zero-order valence-corrected chi connectivity index (χ0v) is 13.9. The molecule has 2 atom stereocenters. The van der Waals surface area contributed by atoms with Crippen molar-refractivity contribution >= 4 is 11.6 Å². The van der Waals surface area contributed by atoms with E-state index in [1.807, 2.05) is 18.2 Å². The van der Waals surface area contributed by atoms with E-state index in [2.05, 4.69) is 16.3 Å². The van der Waals surface area contributed by atoms with E-state index in [9.17, 15) is 5.11 Å². The monoisotopic (exact) mass is 322 g/mol. The van der Waals surface area contributed by atoms with Crippen LogP contribution in [0.25, 0.3) is 0 Å². The minimum Gasteiger partial charge on any atom is -0.391 e. The second-order valence-electron chi connectivity index (χ2n) is 6.74. The highest BCUT2D eigenvalue weighted by Crippen LogP contribution is 2.26. The number of piperidine rings is 1. The molecule has 22 heavy (non-hydrogen) atoms. The van der Waals surface area contributed by atoms with E-state index in [1.54, 1.807) is 0 Å². The highest BCUT2D eigenvalue weighted by atomic mass is 35.5. The number of hydrogen-bond donors (Lipinski definition) is 2. The third-order valence-corrected chi connectivity index (χ3v) is 5.41. The molecule has 0 bridgehead atoms. The van der Waals surface area contributed by atoms with Crippen LogP contribution in [0.1, 0.15) is 44.1 Å². The molecule has 0 radical (unpaired) electrons. The Balaban J connectivity index is 1.43. The molecule has 2 aliphatic rings. The van der Waals surface area contributed by atoms with Crippen LogP contribution >= 0.6 is 11.6 Å². The summed E-state index contributed by atoms with van der Waals surface area (Å²) in [6.07, 6.45) is 6.85. The van der Waals surface area contributed by atoms with Gasteiger partial charge in [0.2, 0.25) is 0 Å². The smallest absolute Gasteiger partial charge is 0.0695 e. The topological polar surface area (TPSA) is 35.5 Å². The molecule has 122 valence electrons. The van der Waals surface area contributed by atoms with Crippen LogP contribution in [-0.4, -0.2) is 41.3 Å². The fourth-order valence-corrected chi connectivity index (χ4v) is 4.07. The van der Waals surface area contributed by atoms with Crippen LogP contribution < -0.4 is 5.32 Å². The summed E-state index contributed by atoms with van der Waals surface area (Å²) < 4.78 is 0. The maximum absolute atomic E-state index is 10.2. The number of aliphatic hydroxyl groups excluding tert-OH is 1. The lowest BCUT2D eigenvalue weighted by atomic mass is 9.89. The first-order chi connectivity index (χ1) is 10.7. The van der Waals surface area contributed by atoms with Gasteiger partial charge < -0.3 is 10.4 Å². The van der Waals surface area contributed by atoms with Gasteiger partial charge in [-0.1, -0.05) is 36.6 Å². The summed E-state index contributed by atoms with van der Waals surface area (Å²) in [6, 6.07) is 9.05. The van der Waals surface area contributed by atoms with E-state index in [-0.39, 0.29) is 6.10 Å². The minimum atomic E-state index is -0.107. The third kappa shape index (κ3) is 4.23. The second-order valence-corrected chi connectivity index (χ2v) is 7.18. The van der Waals surface area contributed by atoms with Crippen molar-refractivity contribution in [2.24, 2.45) is 0 Å². The first-order valence-electron chi connectivity index (χ1n) is 8.62. The van der Waals surface area contributed by atoms with Gasteiger partial charge in [-0.3, -0.25) is 4.90 Å². The van der Waals surface area contributed by atoms with Gasteiger partial charge in [-0.2, -0.15) is 0 Å². The molecule has 4 heteroatoms. The Bertz CT molecular complexity index is 474. The van der Waals surface area contributed by atoms with Gasteiger partial charge in [-0.15, -0.1) is 0 Å². The van der Waals surface area contributed by atoms with Gasteiger partial charge in [-0.25, -0.2) is 0 Å². The number of hydrogen-bond acceptors (Lipinski definition) is 3. The predicted octanol–water partition coefficient (Wildman–Crippen LogP) is 3.20. The van der Waals surface area contributed by atoms with E-state index in [0.717, 1.165) is 31.1 Å². The molecule has 1 aromatic rings. The van der Waals surface area contributed by atoms with Crippen molar-refractivity contribution in [3.05, 3.63) is 34.9 Å². The summed E-state index contributed by atoms with van der Waals surface area (Å²) >= 11 is 6.03. The maximum atomic E-state index is 10.2. The van der Waals surface area contributed by atoms with Crippen LogP contribution in [-0.2, 0) is 6.54 Å². The van der Waals surface area contributed by atoms with Crippen LogP contribution in [0, 0.1) is 0 Å². The van der Waals surface area contributed by atoms with Crippen LogP contribution in [0.4, 0.5) is 0 Å². The van der Waals surface area contributed by atoms with Gasteiger partial charge in [0.05, 0.1) is 6.10 Å². The largest absolute Gasteiger partial charge is 0.391 e. The molecule has 3 rings (SSSR count). The Morgan fingerprint density at radius 1 is 1.14 bits per heavy atom. The highest BCUT2D eigenvalue weighted by Gasteiger charge is 2.31. The van der Waals surface area contributed by atoms with E-state index < -0.39 is 0 Å². The van der Waals surface area contributed by atoms with Gasteiger partial charge in [0.25, 0.3) is 0 Å². The van der Waals surface area contributed by atoms with Gasteiger partial charge in [0.1, 0.15) is 0 Å². The van der Waals surface area contributed by atoms with E-state index >= 15 is 0 Å². The molecule has 3 nitrogen and oxygen atoms in total. The molecule has 0 spiro atoms. The highest BCUT2D eigenvalue weighted by molar-refractivity contribution is 6.30. The molecule has 1 saturated carbocycles. The van der Waals surface area contributed by atoms with E-state index in [0.29, 0.717) is 12.1 Å². The number of nitrogens with one attached hydrogen (secondary N) is 1. The lowest BCUT2D eigenvalue weighted by molar-refractivity contribution is 0.00714. The van der Waals surface area contributed by atoms with Crippen LogP contribution in [0.5, 0.6) is 0 Å². The van der Waals surface area contributed by atoms with Gasteiger partial charge in [0, 0.05) is 36.7 Å². The van der Waals surface area contributed by atoms with Crippen molar-refractivity contribution in [3.63, 3.8) is 0 Å². The maximum Gasteiger partial charge on any atom is 0.0695 e. The zero-order valence-electron chi connectivity index (χ0n) is 13.2. The lowest BCUT2D eigenvalue weighted by Crippen LogP contribution is -2.51. The SMILES string of the molecule is OC1CCCCC1N1CCC(NCc2cccc(Cl)c2)CC1. The fourth-order valence-electron chi connectivity index (χ4n) is 3.86. The Hall–Kier alpha value is -0.610. The second kappa shape index (κ2) is 7.78. The molecule has 1 aliphatic heterocycles. The van der Waals surface area contributed by atoms with Gasteiger partial charge in [0.15, 0.2) is 0 Å². The predicted molar refractivity (Wildman–Crippen MR) is 91.1 cm³/mol. The van der Waals surface area contributed by atoms with Crippen LogP contribution in [0.3, 0.4) is 0 Å². The Morgan fingerprint density at radius 2 is 1.91 bits per heavy atom.